The maximum Gasteiger partial charge on any atom is 0.350 e. The fourth-order valence-corrected chi connectivity index (χ4v) is 4.41. The second-order valence-electron chi connectivity index (χ2n) is 5.87. The van der Waals surface area contributed by atoms with Crippen LogP contribution in [0.2, 0.25) is 0 Å². The first-order valence-corrected chi connectivity index (χ1v) is 10.1. The van der Waals surface area contributed by atoms with Gasteiger partial charge < -0.3 is 14.8 Å². The lowest BCUT2D eigenvalue weighted by atomic mass is 10.2. The second kappa shape index (κ2) is 9.39. The van der Waals surface area contributed by atoms with E-state index in [1.54, 1.807) is 19.1 Å². The number of sulfonamides is 1. The molecule has 146 valence electrons. The third kappa shape index (κ3) is 4.99. The van der Waals surface area contributed by atoms with E-state index in [1.165, 1.54) is 29.7 Å². The zero-order chi connectivity index (χ0) is 19.9. The molecule has 8 nitrogen and oxygen atoms in total. The summed E-state index contributed by atoms with van der Waals surface area (Å²) in [4.78, 5) is 11.7. The number of ether oxygens (including phenoxy) is 2. The third-order valence-electron chi connectivity index (χ3n) is 4.10. The Balaban J connectivity index is 2.32. The maximum atomic E-state index is 13.0. The quantitative estimate of drug-likeness (QED) is 0.430. The largest absolute Gasteiger partial charge is 0.495 e. The molecule has 0 radical (unpaired) electrons. The Morgan fingerprint density at radius 1 is 1.33 bits per heavy atom. The molecule has 1 aromatic rings. The van der Waals surface area contributed by atoms with Crippen LogP contribution >= 0.6 is 0 Å². The van der Waals surface area contributed by atoms with Crippen molar-refractivity contribution in [3.63, 3.8) is 0 Å². The summed E-state index contributed by atoms with van der Waals surface area (Å²) < 4.78 is 37.4. The van der Waals surface area contributed by atoms with Crippen molar-refractivity contribution in [1.29, 1.82) is 5.26 Å². The molecule has 1 aliphatic heterocycles. The van der Waals surface area contributed by atoms with Gasteiger partial charge in [-0.15, -0.1) is 0 Å². The SMILES string of the molecule is CCOC(=O)/C(C#N)=C/Nc1ccc(OC)c(S(=O)(=O)N2CCCCC2)c1. The van der Waals surface area contributed by atoms with Gasteiger partial charge in [0.1, 0.15) is 16.7 Å². The van der Waals surface area contributed by atoms with Gasteiger partial charge >= 0.3 is 5.97 Å². The number of rotatable bonds is 7. The highest BCUT2D eigenvalue weighted by atomic mass is 32.2. The third-order valence-corrected chi connectivity index (χ3v) is 6.02. The number of methoxy groups -OCH3 is 1. The van der Waals surface area contributed by atoms with Gasteiger partial charge in [0.2, 0.25) is 10.0 Å². The molecular weight excluding hydrogens is 370 g/mol. The Morgan fingerprint density at radius 3 is 2.63 bits per heavy atom. The average molecular weight is 393 g/mol. The Bertz CT molecular complexity index is 852. The fourth-order valence-electron chi connectivity index (χ4n) is 2.71. The van der Waals surface area contributed by atoms with Crippen LogP contribution in [0.4, 0.5) is 5.69 Å². The van der Waals surface area contributed by atoms with Crippen LogP contribution in [0.15, 0.2) is 34.9 Å². The molecule has 0 atom stereocenters. The molecule has 0 amide bonds. The summed E-state index contributed by atoms with van der Waals surface area (Å²) in [6.45, 7) is 2.75. The van der Waals surface area contributed by atoms with Gasteiger partial charge in [-0.1, -0.05) is 6.42 Å². The van der Waals surface area contributed by atoms with Crippen molar-refractivity contribution in [2.45, 2.75) is 31.1 Å². The Kier molecular flexibility index (Phi) is 7.21. The molecule has 27 heavy (non-hydrogen) atoms. The van der Waals surface area contributed by atoms with Crippen molar-refractivity contribution in [2.75, 3.05) is 32.1 Å². The fraction of sp³-hybridized carbons (Fsp3) is 0.444. The lowest BCUT2D eigenvalue weighted by molar-refractivity contribution is -0.138. The van der Waals surface area contributed by atoms with Crippen LogP contribution in [0.3, 0.4) is 0 Å². The van der Waals surface area contributed by atoms with Gasteiger partial charge in [-0.2, -0.15) is 9.57 Å². The number of carbonyl (C=O) groups excluding carboxylic acids is 1. The van der Waals surface area contributed by atoms with E-state index in [4.69, 9.17) is 14.7 Å². The minimum atomic E-state index is -3.71. The van der Waals surface area contributed by atoms with E-state index in [2.05, 4.69) is 5.32 Å². The molecule has 0 spiro atoms. The average Bonchev–Trinajstić information content (AvgIpc) is 2.69. The summed E-state index contributed by atoms with van der Waals surface area (Å²) in [5.74, 6) is -0.511. The van der Waals surface area contributed by atoms with E-state index < -0.39 is 16.0 Å². The molecule has 0 aromatic heterocycles. The van der Waals surface area contributed by atoms with Gasteiger partial charge in [-0.25, -0.2) is 13.2 Å². The van der Waals surface area contributed by atoms with Gasteiger partial charge in [0.15, 0.2) is 5.57 Å². The summed E-state index contributed by atoms with van der Waals surface area (Å²) >= 11 is 0. The van der Waals surface area contributed by atoms with Gasteiger partial charge in [0, 0.05) is 25.0 Å². The molecule has 0 bridgehead atoms. The molecule has 1 fully saturated rings. The lowest BCUT2D eigenvalue weighted by Crippen LogP contribution is -2.35. The standard InChI is InChI=1S/C18H23N3O5S/c1-3-26-18(22)14(12-19)13-20-15-7-8-16(25-2)17(11-15)27(23,24)21-9-5-4-6-10-21/h7-8,11,13,20H,3-6,9-10H2,1-2H3/b14-13+. The molecule has 1 aromatic carbocycles. The van der Waals surface area contributed by atoms with Crippen molar-refractivity contribution in [2.24, 2.45) is 0 Å². The molecule has 0 aliphatic carbocycles. The normalized spacial score (nSPS) is 15.7. The van der Waals surface area contributed by atoms with Gasteiger partial charge in [-0.3, -0.25) is 0 Å². The van der Waals surface area contributed by atoms with Gasteiger partial charge in [0.05, 0.1) is 13.7 Å². The summed E-state index contributed by atoms with van der Waals surface area (Å²) in [5, 5.41) is 11.8. The van der Waals surface area contributed by atoms with Crippen LogP contribution in [-0.2, 0) is 19.6 Å². The molecule has 2 rings (SSSR count). The number of piperidine rings is 1. The highest BCUT2D eigenvalue weighted by Gasteiger charge is 2.29. The Labute approximate surface area is 159 Å². The molecule has 1 saturated heterocycles. The minimum Gasteiger partial charge on any atom is -0.495 e. The lowest BCUT2D eigenvalue weighted by Gasteiger charge is -2.26. The Morgan fingerprint density at radius 2 is 2.04 bits per heavy atom. The maximum absolute atomic E-state index is 13.0. The van der Waals surface area contributed by atoms with E-state index in [0.717, 1.165) is 19.3 Å². The van der Waals surface area contributed by atoms with E-state index in [9.17, 15) is 13.2 Å². The summed E-state index contributed by atoms with van der Waals surface area (Å²) in [6, 6.07) is 6.31. The first-order valence-electron chi connectivity index (χ1n) is 8.66. The highest BCUT2D eigenvalue weighted by molar-refractivity contribution is 7.89. The number of nitriles is 1. The number of nitrogens with one attached hydrogen (secondary N) is 1. The van der Waals surface area contributed by atoms with Crippen LogP contribution < -0.4 is 10.1 Å². The number of carbonyl (C=O) groups is 1. The Hall–Kier alpha value is -2.57. The minimum absolute atomic E-state index is 0.0416. The second-order valence-corrected chi connectivity index (χ2v) is 7.77. The molecule has 1 heterocycles. The van der Waals surface area contributed by atoms with Crippen molar-refractivity contribution in [3.05, 3.63) is 30.0 Å². The highest BCUT2D eigenvalue weighted by Crippen LogP contribution is 2.31. The smallest absolute Gasteiger partial charge is 0.350 e. The van der Waals surface area contributed by atoms with Crippen molar-refractivity contribution < 1.29 is 22.7 Å². The van der Waals surface area contributed by atoms with E-state index in [0.29, 0.717) is 18.8 Å². The van der Waals surface area contributed by atoms with Crippen LogP contribution in [-0.4, -0.2) is 45.5 Å². The topological polar surface area (TPSA) is 109 Å². The predicted molar refractivity (Wildman–Crippen MR) is 99.6 cm³/mol. The van der Waals surface area contributed by atoms with Crippen LogP contribution in [0.5, 0.6) is 5.75 Å². The molecule has 0 saturated carbocycles. The first kappa shape index (κ1) is 20.7. The molecular formula is C18H23N3O5S. The number of benzene rings is 1. The molecule has 1 aliphatic rings. The van der Waals surface area contributed by atoms with E-state index >= 15 is 0 Å². The van der Waals surface area contributed by atoms with E-state index in [-0.39, 0.29) is 22.8 Å². The number of esters is 1. The van der Waals surface area contributed by atoms with Crippen molar-refractivity contribution in [3.8, 4) is 11.8 Å². The number of anilines is 1. The van der Waals surface area contributed by atoms with Crippen molar-refractivity contribution in [1.82, 2.24) is 4.31 Å². The number of hydrogen-bond acceptors (Lipinski definition) is 7. The van der Waals surface area contributed by atoms with Crippen LogP contribution in [0, 0.1) is 11.3 Å². The molecule has 1 N–H and O–H groups in total. The molecule has 0 unspecified atom stereocenters. The molecule has 9 heteroatoms. The monoisotopic (exact) mass is 393 g/mol. The van der Waals surface area contributed by atoms with Gasteiger partial charge in [0.25, 0.3) is 0 Å². The van der Waals surface area contributed by atoms with Crippen LogP contribution in [0.25, 0.3) is 0 Å². The zero-order valence-electron chi connectivity index (χ0n) is 15.4. The summed E-state index contributed by atoms with van der Waals surface area (Å²) in [5.41, 5.74) is 0.191. The first-order chi connectivity index (χ1) is 12.9. The van der Waals surface area contributed by atoms with Crippen LogP contribution in [0.1, 0.15) is 26.2 Å². The van der Waals surface area contributed by atoms with E-state index in [1.807, 2.05) is 0 Å². The summed E-state index contributed by atoms with van der Waals surface area (Å²) in [7, 11) is -2.30. The summed E-state index contributed by atoms with van der Waals surface area (Å²) in [6.07, 6.45) is 3.86. The number of nitrogens with zero attached hydrogens (tertiary/aromatic N) is 2. The van der Waals surface area contributed by atoms with Gasteiger partial charge in [-0.05, 0) is 38.0 Å². The number of hydrogen-bond donors (Lipinski definition) is 1. The van der Waals surface area contributed by atoms with Crippen molar-refractivity contribution >= 4 is 21.7 Å². The zero-order valence-corrected chi connectivity index (χ0v) is 16.2. The predicted octanol–water partition coefficient (Wildman–Crippen LogP) is 2.25.